The number of fused-ring (bicyclic) bond motifs is 1. The van der Waals surface area contributed by atoms with Crippen molar-refractivity contribution in [2.75, 3.05) is 38.1 Å². The van der Waals surface area contributed by atoms with Crippen molar-refractivity contribution in [1.29, 1.82) is 0 Å². The van der Waals surface area contributed by atoms with Crippen LogP contribution >= 0.6 is 11.3 Å². The van der Waals surface area contributed by atoms with Crippen LogP contribution in [0.3, 0.4) is 0 Å². The quantitative estimate of drug-likeness (QED) is 0.600. The van der Waals surface area contributed by atoms with Gasteiger partial charge in [-0.3, -0.25) is 4.79 Å². The zero-order valence-electron chi connectivity index (χ0n) is 17.8. The second-order valence-corrected chi connectivity index (χ2v) is 9.00. The maximum atomic E-state index is 13.0. The molecule has 4 heterocycles. The minimum Gasteiger partial charge on any atom is -0.348 e. The van der Waals surface area contributed by atoms with Crippen LogP contribution in [0.2, 0.25) is 0 Å². The SMILES string of the molecule is CCCCC(Cc1cnc2ccccn12)NC(=O)c1cnc(N2CCN(C)CC2)s1. The van der Waals surface area contributed by atoms with Gasteiger partial charge in [-0.05, 0) is 25.6 Å². The van der Waals surface area contributed by atoms with E-state index in [-0.39, 0.29) is 11.9 Å². The molecule has 160 valence electrons. The number of anilines is 1. The molecule has 1 aliphatic rings. The second kappa shape index (κ2) is 9.57. The van der Waals surface area contributed by atoms with Crippen molar-refractivity contribution in [3.63, 3.8) is 0 Å². The number of carbonyl (C=O) groups excluding carboxylic acids is 1. The fourth-order valence-corrected chi connectivity index (χ4v) is 4.71. The standard InChI is InChI=1S/C22H30N6OS/c1-3-4-7-17(14-18-15-23-20-8-5-6-9-28(18)20)25-21(29)19-16-24-22(30-19)27-12-10-26(2)11-13-27/h5-6,8-9,15-17H,3-4,7,10-14H2,1-2H3,(H,25,29). The normalized spacial score (nSPS) is 16.1. The third-order valence-electron chi connectivity index (χ3n) is 5.68. The van der Waals surface area contributed by atoms with E-state index in [1.165, 1.54) is 11.3 Å². The van der Waals surface area contributed by atoms with Gasteiger partial charge < -0.3 is 19.5 Å². The minimum absolute atomic E-state index is 0.0252. The highest BCUT2D eigenvalue weighted by atomic mass is 32.1. The summed E-state index contributed by atoms with van der Waals surface area (Å²) in [5.41, 5.74) is 2.06. The Bertz CT molecular complexity index is 975. The fourth-order valence-electron chi connectivity index (χ4n) is 3.83. The summed E-state index contributed by atoms with van der Waals surface area (Å²) in [6.45, 7) is 6.15. The summed E-state index contributed by atoms with van der Waals surface area (Å²) >= 11 is 1.49. The molecule has 1 saturated heterocycles. The second-order valence-electron chi connectivity index (χ2n) is 7.99. The van der Waals surface area contributed by atoms with Gasteiger partial charge in [0.15, 0.2) is 5.13 Å². The van der Waals surface area contributed by atoms with E-state index in [9.17, 15) is 4.79 Å². The van der Waals surface area contributed by atoms with E-state index in [1.807, 2.05) is 30.6 Å². The molecule has 1 fully saturated rings. The summed E-state index contributed by atoms with van der Waals surface area (Å²) in [6.07, 6.45) is 9.57. The fraction of sp³-hybridized carbons (Fsp3) is 0.500. The predicted octanol–water partition coefficient (Wildman–Crippen LogP) is 3.07. The summed E-state index contributed by atoms with van der Waals surface area (Å²) in [5, 5.41) is 4.20. The smallest absolute Gasteiger partial charge is 0.263 e. The molecule has 1 N–H and O–H groups in total. The number of nitrogens with one attached hydrogen (secondary N) is 1. The number of aromatic nitrogens is 3. The average Bonchev–Trinajstić information content (AvgIpc) is 3.40. The predicted molar refractivity (Wildman–Crippen MR) is 121 cm³/mol. The molecule has 8 heteroatoms. The van der Waals surface area contributed by atoms with Crippen LogP contribution in [0.5, 0.6) is 0 Å². The topological polar surface area (TPSA) is 65.8 Å². The number of unbranched alkanes of at least 4 members (excludes halogenated alkanes) is 1. The highest BCUT2D eigenvalue weighted by molar-refractivity contribution is 7.17. The lowest BCUT2D eigenvalue weighted by atomic mass is 10.0. The molecule has 0 saturated carbocycles. The van der Waals surface area contributed by atoms with E-state index in [1.54, 1.807) is 6.20 Å². The first-order valence-electron chi connectivity index (χ1n) is 10.7. The summed E-state index contributed by atoms with van der Waals surface area (Å²) in [5.74, 6) is -0.0252. The lowest BCUT2D eigenvalue weighted by molar-refractivity contribution is 0.0938. The lowest BCUT2D eigenvalue weighted by Gasteiger charge is -2.32. The zero-order valence-corrected chi connectivity index (χ0v) is 18.6. The third-order valence-corrected chi connectivity index (χ3v) is 6.74. The molecule has 3 aromatic rings. The molecule has 1 atom stereocenters. The van der Waals surface area contributed by atoms with Gasteiger partial charge in [0.2, 0.25) is 0 Å². The molecule has 3 aromatic heterocycles. The molecular formula is C22H30N6OS. The number of carbonyl (C=O) groups is 1. The number of thiazole rings is 1. The monoisotopic (exact) mass is 426 g/mol. The lowest BCUT2D eigenvalue weighted by Crippen LogP contribution is -2.44. The number of imidazole rings is 1. The first-order valence-corrected chi connectivity index (χ1v) is 11.6. The average molecular weight is 427 g/mol. The first kappa shape index (κ1) is 20.8. The van der Waals surface area contributed by atoms with Crippen LogP contribution < -0.4 is 10.2 Å². The van der Waals surface area contributed by atoms with Crippen molar-refractivity contribution in [1.82, 2.24) is 24.6 Å². The number of hydrogen-bond donors (Lipinski definition) is 1. The molecule has 0 aromatic carbocycles. The molecule has 4 rings (SSSR count). The Morgan fingerprint density at radius 1 is 1.20 bits per heavy atom. The number of hydrogen-bond acceptors (Lipinski definition) is 6. The van der Waals surface area contributed by atoms with E-state index in [0.29, 0.717) is 4.88 Å². The Morgan fingerprint density at radius 3 is 2.83 bits per heavy atom. The summed E-state index contributed by atoms with van der Waals surface area (Å²) in [7, 11) is 2.14. The number of likely N-dealkylation sites (N-methyl/N-ethyl adjacent to an activating group) is 1. The summed E-state index contributed by atoms with van der Waals surface area (Å²) < 4.78 is 2.10. The van der Waals surface area contributed by atoms with Crippen LogP contribution in [0.15, 0.2) is 36.8 Å². The number of amides is 1. The highest BCUT2D eigenvalue weighted by Gasteiger charge is 2.21. The molecule has 7 nitrogen and oxygen atoms in total. The van der Waals surface area contributed by atoms with E-state index in [0.717, 1.165) is 68.3 Å². The molecule has 0 bridgehead atoms. The van der Waals surface area contributed by atoms with Gasteiger partial charge in [0.1, 0.15) is 10.5 Å². The van der Waals surface area contributed by atoms with Crippen LogP contribution in [-0.4, -0.2) is 64.4 Å². The molecule has 1 amide bonds. The Kier molecular flexibility index (Phi) is 6.64. The molecule has 1 aliphatic heterocycles. The van der Waals surface area contributed by atoms with Crippen LogP contribution in [0.4, 0.5) is 5.13 Å². The van der Waals surface area contributed by atoms with Gasteiger partial charge in [-0.15, -0.1) is 0 Å². The van der Waals surface area contributed by atoms with Crippen molar-refractivity contribution in [3.05, 3.63) is 47.4 Å². The molecule has 1 unspecified atom stereocenters. The Labute approximate surface area is 181 Å². The highest BCUT2D eigenvalue weighted by Crippen LogP contribution is 2.24. The number of piperazine rings is 1. The summed E-state index contributed by atoms with van der Waals surface area (Å²) in [4.78, 5) is 27.2. The van der Waals surface area contributed by atoms with Crippen LogP contribution in [0.1, 0.15) is 41.6 Å². The zero-order chi connectivity index (χ0) is 20.9. The van der Waals surface area contributed by atoms with Gasteiger partial charge in [0.25, 0.3) is 5.91 Å². The van der Waals surface area contributed by atoms with Gasteiger partial charge in [-0.2, -0.15) is 0 Å². The Hall–Kier alpha value is -2.45. The van der Waals surface area contributed by atoms with Crippen molar-refractivity contribution in [2.24, 2.45) is 0 Å². The third kappa shape index (κ3) is 4.82. The van der Waals surface area contributed by atoms with Gasteiger partial charge in [0, 0.05) is 56.7 Å². The van der Waals surface area contributed by atoms with Crippen LogP contribution in [0.25, 0.3) is 5.65 Å². The molecular weight excluding hydrogens is 396 g/mol. The number of pyridine rings is 1. The van der Waals surface area contributed by atoms with Crippen molar-refractivity contribution in [2.45, 2.75) is 38.6 Å². The van der Waals surface area contributed by atoms with E-state index < -0.39 is 0 Å². The number of rotatable bonds is 8. The first-order chi connectivity index (χ1) is 14.6. The maximum absolute atomic E-state index is 13.0. The van der Waals surface area contributed by atoms with Gasteiger partial charge in [-0.1, -0.05) is 37.2 Å². The number of nitrogens with zero attached hydrogens (tertiary/aromatic N) is 5. The van der Waals surface area contributed by atoms with Crippen LogP contribution in [-0.2, 0) is 6.42 Å². The molecule has 0 aliphatic carbocycles. The Morgan fingerprint density at radius 2 is 2.03 bits per heavy atom. The van der Waals surface area contributed by atoms with E-state index in [2.05, 4.69) is 43.5 Å². The summed E-state index contributed by atoms with van der Waals surface area (Å²) in [6, 6.07) is 6.08. The minimum atomic E-state index is -0.0252. The largest absolute Gasteiger partial charge is 0.348 e. The Balaban J connectivity index is 1.43. The molecule has 30 heavy (non-hydrogen) atoms. The molecule has 0 radical (unpaired) electrons. The van der Waals surface area contributed by atoms with E-state index in [4.69, 9.17) is 0 Å². The van der Waals surface area contributed by atoms with Crippen molar-refractivity contribution < 1.29 is 4.79 Å². The van der Waals surface area contributed by atoms with Gasteiger partial charge >= 0.3 is 0 Å². The van der Waals surface area contributed by atoms with Crippen molar-refractivity contribution >= 4 is 28.0 Å². The van der Waals surface area contributed by atoms with Crippen LogP contribution in [0, 0.1) is 0 Å². The molecule has 0 spiro atoms. The van der Waals surface area contributed by atoms with Gasteiger partial charge in [0.05, 0.1) is 6.20 Å². The van der Waals surface area contributed by atoms with E-state index >= 15 is 0 Å². The van der Waals surface area contributed by atoms with Crippen molar-refractivity contribution in [3.8, 4) is 0 Å². The maximum Gasteiger partial charge on any atom is 0.263 e. The van der Waals surface area contributed by atoms with Gasteiger partial charge in [-0.25, -0.2) is 9.97 Å².